The smallest absolute Gasteiger partial charge is 0.202 e. The van der Waals surface area contributed by atoms with Crippen molar-refractivity contribution < 1.29 is 9.53 Å². The SMILES string of the molecule is Cc1cc(C(=O)COc2ccc(C#N)cc2)c(C)n1CCc1cccs1. The number of benzene rings is 1. The van der Waals surface area contributed by atoms with Crippen LogP contribution in [0.15, 0.2) is 47.8 Å². The molecule has 0 fully saturated rings. The number of thiophene rings is 1. The molecule has 4 nitrogen and oxygen atoms in total. The lowest BCUT2D eigenvalue weighted by Crippen LogP contribution is -2.13. The van der Waals surface area contributed by atoms with Crippen molar-refractivity contribution in [1.82, 2.24) is 4.57 Å². The number of nitrogens with zero attached hydrogens (tertiary/aromatic N) is 2. The Balaban J connectivity index is 1.65. The zero-order valence-corrected chi connectivity index (χ0v) is 15.7. The molecule has 0 amide bonds. The van der Waals surface area contributed by atoms with E-state index in [0.29, 0.717) is 16.9 Å². The lowest BCUT2D eigenvalue weighted by molar-refractivity contribution is 0.0921. The van der Waals surface area contributed by atoms with Gasteiger partial charge in [-0.2, -0.15) is 5.26 Å². The van der Waals surface area contributed by atoms with Crippen LogP contribution in [0.3, 0.4) is 0 Å². The third-order valence-electron chi connectivity index (χ3n) is 4.39. The van der Waals surface area contributed by atoms with E-state index in [0.717, 1.165) is 24.4 Å². The number of Topliss-reactive ketones (excluding diaryl/α,β-unsaturated/α-hetero) is 1. The molecule has 0 spiro atoms. The first-order valence-electron chi connectivity index (χ1n) is 8.43. The van der Waals surface area contributed by atoms with Crippen LogP contribution in [0.25, 0.3) is 0 Å². The number of ketones is 1. The van der Waals surface area contributed by atoms with Gasteiger partial charge in [0.05, 0.1) is 11.6 Å². The Kier molecular flexibility index (Phi) is 5.55. The number of hydrogen-bond donors (Lipinski definition) is 0. The second-order valence-corrected chi connectivity index (χ2v) is 7.15. The fraction of sp³-hybridized carbons (Fsp3) is 0.238. The summed E-state index contributed by atoms with van der Waals surface area (Å²) in [5.74, 6) is 0.550. The number of nitriles is 1. The minimum atomic E-state index is -0.0372. The highest BCUT2D eigenvalue weighted by atomic mass is 32.1. The maximum Gasteiger partial charge on any atom is 0.202 e. The quantitative estimate of drug-likeness (QED) is 0.578. The number of rotatable bonds is 7. The van der Waals surface area contributed by atoms with E-state index in [4.69, 9.17) is 10.00 Å². The van der Waals surface area contributed by atoms with E-state index < -0.39 is 0 Å². The summed E-state index contributed by atoms with van der Waals surface area (Å²) in [4.78, 5) is 13.9. The summed E-state index contributed by atoms with van der Waals surface area (Å²) in [7, 11) is 0. The topological polar surface area (TPSA) is 55.0 Å². The van der Waals surface area contributed by atoms with Gasteiger partial charge in [0.1, 0.15) is 5.75 Å². The van der Waals surface area contributed by atoms with Crippen LogP contribution in [0.4, 0.5) is 0 Å². The first kappa shape index (κ1) is 18.0. The van der Waals surface area contributed by atoms with Gasteiger partial charge in [-0.25, -0.2) is 0 Å². The Labute approximate surface area is 157 Å². The maximum atomic E-state index is 12.6. The number of hydrogen-bond acceptors (Lipinski definition) is 4. The van der Waals surface area contributed by atoms with Crippen molar-refractivity contribution in [3.8, 4) is 11.8 Å². The normalized spacial score (nSPS) is 10.5. The monoisotopic (exact) mass is 364 g/mol. The molecule has 0 bridgehead atoms. The van der Waals surface area contributed by atoms with E-state index in [1.54, 1.807) is 35.6 Å². The molecule has 26 heavy (non-hydrogen) atoms. The molecule has 0 unspecified atom stereocenters. The molecule has 132 valence electrons. The zero-order valence-electron chi connectivity index (χ0n) is 14.9. The van der Waals surface area contributed by atoms with Crippen LogP contribution in [-0.4, -0.2) is 17.0 Å². The molecule has 0 radical (unpaired) electrons. The van der Waals surface area contributed by atoms with Gasteiger partial charge in [0.25, 0.3) is 0 Å². The van der Waals surface area contributed by atoms with E-state index in [9.17, 15) is 4.79 Å². The molecule has 5 heteroatoms. The van der Waals surface area contributed by atoms with Crippen molar-refractivity contribution in [1.29, 1.82) is 5.26 Å². The Bertz CT molecular complexity index is 932. The minimum absolute atomic E-state index is 0.0128. The predicted molar refractivity (Wildman–Crippen MR) is 103 cm³/mol. The van der Waals surface area contributed by atoms with Crippen LogP contribution in [0.1, 0.15) is 32.2 Å². The molecule has 0 aliphatic carbocycles. The van der Waals surface area contributed by atoms with E-state index in [2.05, 4.69) is 28.1 Å². The maximum absolute atomic E-state index is 12.6. The highest BCUT2D eigenvalue weighted by Gasteiger charge is 2.16. The number of carbonyl (C=O) groups excluding carboxylic acids is 1. The highest BCUT2D eigenvalue weighted by molar-refractivity contribution is 7.09. The molecule has 1 aromatic carbocycles. The lowest BCUT2D eigenvalue weighted by atomic mass is 10.1. The Morgan fingerprint density at radius 2 is 2.00 bits per heavy atom. The average Bonchev–Trinajstić information content (AvgIpc) is 3.27. The first-order chi connectivity index (χ1) is 12.6. The van der Waals surface area contributed by atoms with E-state index >= 15 is 0 Å². The molecule has 3 rings (SSSR count). The molecular weight excluding hydrogens is 344 g/mol. The summed E-state index contributed by atoms with van der Waals surface area (Å²) in [6.45, 7) is 4.86. The van der Waals surface area contributed by atoms with Gasteiger partial charge in [0.15, 0.2) is 6.61 Å². The fourth-order valence-corrected chi connectivity index (χ4v) is 3.65. The van der Waals surface area contributed by atoms with Gasteiger partial charge >= 0.3 is 0 Å². The number of ether oxygens (including phenoxy) is 1. The first-order valence-corrected chi connectivity index (χ1v) is 9.31. The van der Waals surface area contributed by atoms with Crippen LogP contribution >= 0.6 is 11.3 Å². The number of aromatic nitrogens is 1. The molecule has 0 aliphatic heterocycles. The van der Waals surface area contributed by atoms with Crippen molar-refractivity contribution in [2.24, 2.45) is 0 Å². The largest absolute Gasteiger partial charge is 0.485 e. The highest BCUT2D eigenvalue weighted by Crippen LogP contribution is 2.19. The summed E-state index contributed by atoms with van der Waals surface area (Å²) < 4.78 is 7.77. The van der Waals surface area contributed by atoms with E-state index in [-0.39, 0.29) is 12.4 Å². The summed E-state index contributed by atoms with van der Waals surface area (Å²) >= 11 is 1.75. The van der Waals surface area contributed by atoms with Gasteiger partial charge < -0.3 is 9.30 Å². The van der Waals surface area contributed by atoms with Crippen LogP contribution in [0.2, 0.25) is 0 Å². The number of aryl methyl sites for hydroxylation is 2. The Morgan fingerprint density at radius 3 is 2.65 bits per heavy atom. The fourth-order valence-electron chi connectivity index (χ4n) is 2.96. The van der Waals surface area contributed by atoms with E-state index in [1.807, 2.05) is 19.9 Å². The third-order valence-corrected chi connectivity index (χ3v) is 5.33. The van der Waals surface area contributed by atoms with Gasteiger partial charge in [-0.3, -0.25) is 4.79 Å². The van der Waals surface area contributed by atoms with Crippen molar-refractivity contribution in [2.45, 2.75) is 26.8 Å². The van der Waals surface area contributed by atoms with Crippen molar-refractivity contribution in [3.05, 3.63) is 75.2 Å². The Hall–Kier alpha value is -2.84. The van der Waals surface area contributed by atoms with Crippen LogP contribution in [0, 0.1) is 25.2 Å². The average molecular weight is 364 g/mol. The summed E-state index contributed by atoms with van der Waals surface area (Å²) in [5.41, 5.74) is 3.34. The van der Waals surface area contributed by atoms with Gasteiger partial charge in [0, 0.05) is 28.4 Å². The summed E-state index contributed by atoms with van der Waals surface area (Å²) in [6, 6.07) is 15.0. The second-order valence-electron chi connectivity index (χ2n) is 6.11. The third kappa shape index (κ3) is 4.04. The molecule has 0 saturated heterocycles. The lowest BCUT2D eigenvalue weighted by Gasteiger charge is -2.09. The zero-order chi connectivity index (χ0) is 18.5. The molecular formula is C21H20N2O2S. The molecule has 0 saturated carbocycles. The molecule has 3 aromatic rings. The van der Waals surface area contributed by atoms with Gasteiger partial charge in [-0.15, -0.1) is 11.3 Å². The minimum Gasteiger partial charge on any atom is -0.485 e. The molecule has 0 aliphatic rings. The standard InChI is InChI=1S/C21H20N2O2S/c1-15-12-20(16(2)23(15)10-9-19-4-3-11-26-19)21(24)14-25-18-7-5-17(13-22)6-8-18/h3-8,11-12H,9-10,14H2,1-2H3. The van der Waals surface area contributed by atoms with Crippen LogP contribution in [-0.2, 0) is 13.0 Å². The molecule has 2 heterocycles. The van der Waals surface area contributed by atoms with Gasteiger partial charge in [-0.1, -0.05) is 6.07 Å². The second kappa shape index (κ2) is 8.03. The van der Waals surface area contributed by atoms with Crippen LogP contribution < -0.4 is 4.74 Å². The van der Waals surface area contributed by atoms with Crippen molar-refractivity contribution >= 4 is 17.1 Å². The Morgan fingerprint density at radius 1 is 1.23 bits per heavy atom. The number of carbonyl (C=O) groups is 1. The summed E-state index contributed by atoms with van der Waals surface area (Å²) in [6.07, 6.45) is 0.962. The predicted octanol–water partition coefficient (Wildman–Crippen LogP) is 4.54. The molecule has 0 N–H and O–H groups in total. The van der Waals surface area contributed by atoms with Crippen molar-refractivity contribution in [2.75, 3.05) is 6.61 Å². The van der Waals surface area contributed by atoms with Gasteiger partial charge in [0.2, 0.25) is 5.78 Å². The van der Waals surface area contributed by atoms with Gasteiger partial charge in [-0.05, 0) is 62.0 Å². The van der Waals surface area contributed by atoms with E-state index in [1.165, 1.54) is 4.88 Å². The molecule has 0 atom stereocenters. The van der Waals surface area contributed by atoms with Crippen molar-refractivity contribution in [3.63, 3.8) is 0 Å². The molecule has 2 aromatic heterocycles. The summed E-state index contributed by atoms with van der Waals surface area (Å²) in [5, 5.41) is 10.9. The van der Waals surface area contributed by atoms with Crippen LogP contribution in [0.5, 0.6) is 5.75 Å².